The number of rotatable bonds is 2. The Bertz CT molecular complexity index is 1230. The van der Waals surface area contributed by atoms with Gasteiger partial charge in [-0.05, 0) is 25.1 Å². The molecule has 0 radical (unpaired) electrons. The van der Waals surface area contributed by atoms with Gasteiger partial charge in [-0.2, -0.15) is 4.99 Å². The minimum Gasteiger partial charge on any atom is -0.462 e. The molecule has 0 spiro atoms. The van der Waals surface area contributed by atoms with Gasteiger partial charge in [0.2, 0.25) is 0 Å². The molecule has 3 rings (SSSR count). The zero-order valence-electron chi connectivity index (χ0n) is 16.5. The minimum atomic E-state index is -0.732. The average molecular weight is 382 g/mol. The number of hydrogen-bond donors (Lipinski definition) is 0. The second-order valence-electron chi connectivity index (χ2n) is 7.41. The lowest BCUT2D eigenvalue weighted by atomic mass is 9.96. The molecule has 0 aliphatic heterocycles. The van der Waals surface area contributed by atoms with Crippen molar-refractivity contribution in [1.82, 2.24) is 14.0 Å². The summed E-state index contributed by atoms with van der Waals surface area (Å²) in [6.07, 6.45) is 1.61. The molecule has 146 valence electrons. The summed E-state index contributed by atoms with van der Waals surface area (Å²) in [5.74, 6) is -1.05. The van der Waals surface area contributed by atoms with E-state index >= 15 is 0 Å². The Morgan fingerprint density at radius 2 is 1.96 bits per heavy atom. The number of esters is 1. The van der Waals surface area contributed by atoms with Crippen molar-refractivity contribution in [2.24, 2.45) is 17.5 Å². The molecule has 0 bridgehead atoms. The number of carbonyl (C=O) groups excluding carboxylic acids is 2. The summed E-state index contributed by atoms with van der Waals surface area (Å²) < 4.78 is 8.00. The third-order valence-electron chi connectivity index (χ3n) is 4.26. The molecule has 0 aliphatic carbocycles. The van der Waals surface area contributed by atoms with Crippen LogP contribution in [0.4, 0.5) is 0 Å². The molecule has 3 aromatic heterocycles. The number of carbonyl (C=O) groups is 2. The molecular weight excluding hydrogens is 360 g/mol. The molecule has 0 fully saturated rings. The van der Waals surface area contributed by atoms with Crippen molar-refractivity contribution in [3.05, 3.63) is 51.9 Å². The maximum absolute atomic E-state index is 12.9. The molecule has 8 nitrogen and oxygen atoms in total. The number of nitrogens with zero attached hydrogens (tertiary/aromatic N) is 4. The van der Waals surface area contributed by atoms with Crippen molar-refractivity contribution in [2.45, 2.75) is 27.7 Å². The average Bonchev–Trinajstić information content (AvgIpc) is 2.64. The number of pyridine rings is 2. The molecule has 0 saturated carbocycles. The Morgan fingerprint density at radius 1 is 1.25 bits per heavy atom. The third kappa shape index (κ3) is 3.33. The van der Waals surface area contributed by atoms with Crippen molar-refractivity contribution in [3.63, 3.8) is 0 Å². The SMILES string of the molecule is CCOC(=O)c1cc2c(=O)n3ccccc3nc2n(C)c1=NC(=O)C(C)(C)C. The van der Waals surface area contributed by atoms with Gasteiger partial charge in [0.25, 0.3) is 11.5 Å². The van der Waals surface area contributed by atoms with Crippen molar-refractivity contribution in [2.75, 3.05) is 6.61 Å². The van der Waals surface area contributed by atoms with Gasteiger partial charge >= 0.3 is 5.97 Å². The lowest BCUT2D eigenvalue weighted by Gasteiger charge is -2.14. The summed E-state index contributed by atoms with van der Waals surface area (Å²) >= 11 is 0. The quantitative estimate of drug-likeness (QED) is 0.498. The summed E-state index contributed by atoms with van der Waals surface area (Å²) in [6.45, 7) is 7.05. The molecule has 8 heteroatoms. The Labute approximate surface area is 161 Å². The molecular formula is C20H22N4O4. The monoisotopic (exact) mass is 382 g/mol. The molecule has 3 heterocycles. The second kappa shape index (κ2) is 7.03. The van der Waals surface area contributed by atoms with Crippen molar-refractivity contribution in [1.29, 1.82) is 0 Å². The molecule has 0 atom stereocenters. The highest BCUT2D eigenvalue weighted by molar-refractivity contribution is 5.94. The molecule has 0 unspecified atom stereocenters. The molecule has 0 aliphatic rings. The Balaban J connectivity index is 2.48. The van der Waals surface area contributed by atoms with Crippen LogP contribution in [0.15, 0.2) is 40.2 Å². The van der Waals surface area contributed by atoms with Crippen LogP contribution in [-0.2, 0) is 16.6 Å². The zero-order chi connectivity index (χ0) is 20.6. The maximum atomic E-state index is 12.9. The Kier molecular flexibility index (Phi) is 4.89. The van der Waals surface area contributed by atoms with Gasteiger partial charge < -0.3 is 9.30 Å². The second-order valence-corrected chi connectivity index (χ2v) is 7.41. The first-order chi connectivity index (χ1) is 13.1. The Hall–Kier alpha value is -3.29. The highest BCUT2D eigenvalue weighted by Gasteiger charge is 2.23. The van der Waals surface area contributed by atoms with Crippen LogP contribution < -0.4 is 11.0 Å². The predicted octanol–water partition coefficient (Wildman–Crippen LogP) is 1.84. The fraction of sp³-hybridized carbons (Fsp3) is 0.350. The van der Waals surface area contributed by atoms with Crippen molar-refractivity contribution >= 4 is 28.6 Å². The number of aryl methyl sites for hydroxylation is 1. The van der Waals surface area contributed by atoms with Gasteiger partial charge in [0.15, 0.2) is 5.49 Å². The summed E-state index contributed by atoms with van der Waals surface area (Å²) in [5.41, 5.74) is -0.125. The van der Waals surface area contributed by atoms with Gasteiger partial charge in [0, 0.05) is 18.7 Å². The van der Waals surface area contributed by atoms with Gasteiger partial charge in [-0.3, -0.25) is 14.0 Å². The van der Waals surface area contributed by atoms with Crippen LogP contribution >= 0.6 is 0 Å². The van der Waals surface area contributed by atoms with E-state index in [0.29, 0.717) is 11.3 Å². The number of ether oxygens (including phenoxy) is 1. The number of hydrogen-bond acceptors (Lipinski definition) is 5. The highest BCUT2D eigenvalue weighted by Crippen LogP contribution is 2.15. The molecule has 28 heavy (non-hydrogen) atoms. The van der Waals surface area contributed by atoms with Crippen LogP contribution in [0.1, 0.15) is 38.1 Å². The van der Waals surface area contributed by atoms with E-state index in [0.717, 1.165) is 0 Å². The molecule has 3 aromatic rings. The summed E-state index contributed by atoms with van der Waals surface area (Å²) in [7, 11) is 1.62. The normalized spacial score (nSPS) is 12.5. The summed E-state index contributed by atoms with van der Waals surface area (Å²) in [4.78, 5) is 46.7. The van der Waals surface area contributed by atoms with E-state index in [1.54, 1.807) is 59.1 Å². The third-order valence-corrected chi connectivity index (χ3v) is 4.26. The first-order valence-corrected chi connectivity index (χ1v) is 8.92. The van der Waals surface area contributed by atoms with Crippen molar-refractivity contribution in [3.8, 4) is 0 Å². The smallest absolute Gasteiger partial charge is 0.341 e. The first kappa shape index (κ1) is 19.5. The van der Waals surface area contributed by atoms with E-state index in [1.165, 1.54) is 15.0 Å². The van der Waals surface area contributed by atoms with Gasteiger partial charge in [-0.1, -0.05) is 26.8 Å². The molecule has 0 saturated heterocycles. The minimum absolute atomic E-state index is 0.0456. The molecule has 1 amide bonds. The Morgan fingerprint density at radius 3 is 2.61 bits per heavy atom. The van der Waals surface area contributed by atoms with E-state index in [4.69, 9.17) is 4.74 Å². The summed E-state index contributed by atoms with van der Waals surface area (Å²) in [5, 5.41) is 0.233. The van der Waals surface area contributed by atoms with Crippen LogP contribution in [0.5, 0.6) is 0 Å². The maximum Gasteiger partial charge on any atom is 0.341 e. The van der Waals surface area contributed by atoms with Gasteiger partial charge in [-0.15, -0.1) is 0 Å². The lowest BCUT2D eigenvalue weighted by molar-refractivity contribution is -0.125. The highest BCUT2D eigenvalue weighted by atomic mass is 16.5. The van der Waals surface area contributed by atoms with Crippen LogP contribution in [0, 0.1) is 5.41 Å². The molecule has 0 aromatic carbocycles. The standard InChI is InChI=1S/C20H22N4O4/c1-6-28-18(26)13-11-12-15(21-14-9-7-8-10-24(14)17(12)25)23(5)16(13)22-19(27)20(2,3)4/h7-11H,6H2,1-5H3. The first-order valence-electron chi connectivity index (χ1n) is 8.92. The van der Waals surface area contributed by atoms with E-state index < -0.39 is 17.3 Å². The van der Waals surface area contributed by atoms with E-state index in [9.17, 15) is 14.4 Å². The lowest BCUT2D eigenvalue weighted by Crippen LogP contribution is -2.32. The van der Waals surface area contributed by atoms with Crippen LogP contribution in [0.25, 0.3) is 16.7 Å². The van der Waals surface area contributed by atoms with Crippen molar-refractivity contribution < 1.29 is 14.3 Å². The number of fused-ring (bicyclic) bond motifs is 2. The fourth-order valence-electron chi connectivity index (χ4n) is 2.72. The van der Waals surface area contributed by atoms with E-state index in [2.05, 4.69) is 9.98 Å². The largest absolute Gasteiger partial charge is 0.462 e. The number of amides is 1. The van der Waals surface area contributed by atoms with E-state index in [-0.39, 0.29) is 28.6 Å². The van der Waals surface area contributed by atoms with Crippen LogP contribution in [0.2, 0.25) is 0 Å². The molecule has 0 N–H and O–H groups in total. The van der Waals surface area contributed by atoms with Crippen LogP contribution in [-0.4, -0.2) is 32.4 Å². The zero-order valence-corrected chi connectivity index (χ0v) is 16.5. The predicted molar refractivity (Wildman–Crippen MR) is 104 cm³/mol. The topological polar surface area (TPSA) is 95.0 Å². The van der Waals surface area contributed by atoms with Gasteiger partial charge in [0.1, 0.15) is 16.9 Å². The van der Waals surface area contributed by atoms with E-state index in [1.807, 2.05) is 0 Å². The van der Waals surface area contributed by atoms with Crippen LogP contribution in [0.3, 0.4) is 0 Å². The van der Waals surface area contributed by atoms with Gasteiger partial charge in [0.05, 0.1) is 12.0 Å². The fourth-order valence-corrected chi connectivity index (χ4v) is 2.72. The number of aromatic nitrogens is 3. The van der Waals surface area contributed by atoms with Gasteiger partial charge in [-0.25, -0.2) is 9.78 Å². The summed E-state index contributed by atoms with van der Waals surface area (Å²) in [6, 6.07) is 6.60.